The summed E-state index contributed by atoms with van der Waals surface area (Å²) in [5.41, 5.74) is 2.73. The predicted molar refractivity (Wildman–Crippen MR) is 116 cm³/mol. The summed E-state index contributed by atoms with van der Waals surface area (Å²) >= 11 is 5.77. The monoisotopic (exact) mass is 418 g/mol. The molecular formula is C22H28ClFN4O. The standard InChI is InChI=1S/C22H28ClFN4O/c1-4-28(3)20-12-21(25-13-14(20)2)26-16-6-8-17(9-7-16)27-22(29)15-5-10-19(24)18(23)11-15/h5,10-13,16-17H,4,6-9H2,1-3H3,(H,25,26)(H,27,29)/t16-,17+. The molecule has 1 aliphatic carbocycles. The second-order valence-electron chi connectivity index (χ2n) is 7.67. The molecule has 7 heteroatoms. The lowest BCUT2D eigenvalue weighted by Gasteiger charge is -2.30. The van der Waals surface area contributed by atoms with Crippen LogP contribution >= 0.6 is 11.6 Å². The van der Waals surface area contributed by atoms with Crippen LogP contribution < -0.4 is 15.5 Å². The lowest BCUT2D eigenvalue weighted by Crippen LogP contribution is -2.40. The Morgan fingerprint density at radius 3 is 2.59 bits per heavy atom. The quantitative estimate of drug-likeness (QED) is 0.708. The van der Waals surface area contributed by atoms with E-state index in [1.165, 1.54) is 23.9 Å². The lowest BCUT2D eigenvalue weighted by atomic mass is 9.91. The zero-order valence-corrected chi connectivity index (χ0v) is 17.9. The van der Waals surface area contributed by atoms with Crippen molar-refractivity contribution in [3.8, 4) is 0 Å². The average molecular weight is 419 g/mol. The second-order valence-corrected chi connectivity index (χ2v) is 8.07. The van der Waals surface area contributed by atoms with Crippen molar-refractivity contribution in [1.82, 2.24) is 10.3 Å². The van der Waals surface area contributed by atoms with Crippen LogP contribution in [-0.2, 0) is 0 Å². The van der Waals surface area contributed by atoms with Crippen molar-refractivity contribution in [2.45, 2.75) is 51.6 Å². The van der Waals surface area contributed by atoms with Crippen LogP contribution in [0.5, 0.6) is 0 Å². The molecule has 5 nitrogen and oxygen atoms in total. The highest BCUT2D eigenvalue weighted by atomic mass is 35.5. The molecule has 2 N–H and O–H groups in total. The number of carbonyl (C=O) groups is 1. The molecule has 0 radical (unpaired) electrons. The highest BCUT2D eigenvalue weighted by Crippen LogP contribution is 2.26. The fraction of sp³-hybridized carbons (Fsp3) is 0.455. The Bertz CT molecular complexity index is 868. The number of nitrogens with zero attached hydrogens (tertiary/aromatic N) is 2. The Hall–Kier alpha value is -2.34. The first-order valence-electron chi connectivity index (χ1n) is 10.1. The summed E-state index contributed by atoms with van der Waals surface area (Å²) in [6, 6.07) is 6.59. The van der Waals surface area contributed by atoms with Crippen molar-refractivity contribution in [1.29, 1.82) is 0 Å². The second kappa shape index (κ2) is 9.44. The van der Waals surface area contributed by atoms with Crippen LogP contribution in [0.15, 0.2) is 30.5 Å². The Labute approximate surface area is 176 Å². The number of anilines is 2. The van der Waals surface area contributed by atoms with Gasteiger partial charge in [-0.15, -0.1) is 0 Å². The first-order valence-corrected chi connectivity index (χ1v) is 10.5. The fourth-order valence-corrected chi connectivity index (χ4v) is 3.85. The number of hydrogen-bond donors (Lipinski definition) is 2. The number of halogens is 2. The minimum Gasteiger partial charge on any atom is -0.375 e. The van der Waals surface area contributed by atoms with Gasteiger partial charge in [0.15, 0.2) is 0 Å². The van der Waals surface area contributed by atoms with Crippen LogP contribution in [0.25, 0.3) is 0 Å². The number of aromatic nitrogens is 1. The summed E-state index contributed by atoms with van der Waals surface area (Å²) in [5, 5.41) is 6.53. The first-order chi connectivity index (χ1) is 13.9. The molecule has 1 aromatic carbocycles. The summed E-state index contributed by atoms with van der Waals surface area (Å²) in [7, 11) is 2.08. The molecule has 2 aromatic rings. The van der Waals surface area contributed by atoms with Gasteiger partial charge >= 0.3 is 0 Å². The van der Waals surface area contributed by atoms with Gasteiger partial charge in [0, 0.05) is 49.2 Å². The van der Waals surface area contributed by atoms with Crippen molar-refractivity contribution in [2.24, 2.45) is 0 Å². The zero-order valence-electron chi connectivity index (χ0n) is 17.1. The van der Waals surface area contributed by atoms with Crippen molar-refractivity contribution < 1.29 is 9.18 Å². The highest BCUT2D eigenvalue weighted by Gasteiger charge is 2.23. The topological polar surface area (TPSA) is 57.3 Å². The third-order valence-corrected chi connectivity index (χ3v) is 5.85. The molecule has 156 valence electrons. The van der Waals surface area contributed by atoms with E-state index in [0.717, 1.165) is 43.6 Å². The average Bonchev–Trinajstić information content (AvgIpc) is 2.72. The van der Waals surface area contributed by atoms with Crippen LogP contribution in [0.4, 0.5) is 15.9 Å². The van der Waals surface area contributed by atoms with E-state index in [0.29, 0.717) is 11.6 Å². The largest absolute Gasteiger partial charge is 0.375 e. The van der Waals surface area contributed by atoms with Gasteiger partial charge in [-0.05, 0) is 63.3 Å². The molecule has 1 saturated carbocycles. The van der Waals surface area contributed by atoms with Gasteiger partial charge in [-0.1, -0.05) is 11.6 Å². The zero-order chi connectivity index (χ0) is 21.0. The molecule has 0 saturated heterocycles. The number of pyridine rings is 1. The van der Waals surface area contributed by atoms with E-state index in [1.54, 1.807) is 0 Å². The van der Waals surface area contributed by atoms with E-state index in [9.17, 15) is 9.18 Å². The van der Waals surface area contributed by atoms with Gasteiger partial charge in [-0.2, -0.15) is 0 Å². The molecule has 0 spiro atoms. The Morgan fingerprint density at radius 1 is 1.24 bits per heavy atom. The van der Waals surface area contributed by atoms with Gasteiger partial charge < -0.3 is 15.5 Å². The maximum atomic E-state index is 13.3. The Kier molecular flexibility index (Phi) is 6.96. The van der Waals surface area contributed by atoms with Crippen molar-refractivity contribution >= 4 is 29.0 Å². The number of benzene rings is 1. The molecule has 0 atom stereocenters. The van der Waals surface area contributed by atoms with Crippen LogP contribution in [0.3, 0.4) is 0 Å². The summed E-state index contributed by atoms with van der Waals surface area (Å²) in [4.78, 5) is 19.1. The van der Waals surface area contributed by atoms with Crippen LogP contribution in [-0.4, -0.2) is 36.6 Å². The van der Waals surface area contributed by atoms with Gasteiger partial charge in [0.1, 0.15) is 11.6 Å². The third-order valence-electron chi connectivity index (χ3n) is 5.56. The van der Waals surface area contributed by atoms with Crippen LogP contribution in [0.1, 0.15) is 48.5 Å². The Balaban J connectivity index is 1.53. The first kappa shape index (κ1) is 21.4. The number of nitrogens with one attached hydrogen (secondary N) is 2. The van der Waals surface area contributed by atoms with Gasteiger partial charge in [-0.3, -0.25) is 4.79 Å². The molecule has 0 bridgehead atoms. The number of hydrogen-bond acceptors (Lipinski definition) is 4. The molecular weight excluding hydrogens is 391 g/mol. The molecule has 0 aliphatic heterocycles. The van der Waals surface area contributed by atoms with Crippen LogP contribution in [0, 0.1) is 12.7 Å². The SMILES string of the molecule is CCN(C)c1cc(N[C@H]2CC[C@@H](NC(=O)c3ccc(F)c(Cl)c3)CC2)ncc1C. The fourth-order valence-electron chi connectivity index (χ4n) is 3.67. The maximum Gasteiger partial charge on any atom is 0.251 e. The van der Waals surface area contributed by atoms with Gasteiger partial charge in [-0.25, -0.2) is 9.37 Å². The number of rotatable bonds is 6. The van der Waals surface area contributed by atoms with Gasteiger partial charge in [0.25, 0.3) is 5.91 Å². The molecule has 29 heavy (non-hydrogen) atoms. The van der Waals surface area contributed by atoms with Gasteiger partial charge in [0.05, 0.1) is 5.02 Å². The van der Waals surface area contributed by atoms with Gasteiger partial charge in [0.2, 0.25) is 0 Å². The van der Waals surface area contributed by atoms with Crippen LogP contribution in [0.2, 0.25) is 5.02 Å². The molecule has 1 aliphatic rings. The van der Waals surface area contributed by atoms with Crippen molar-refractivity contribution in [2.75, 3.05) is 23.8 Å². The van der Waals surface area contributed by atoms with Crippen molar-refractivity contribution in [3.63, 3.8) is 0 Å². The summed E-state index contributed by atoms with van der Waals surface area (Å²) in [6.07, 6.45) is 5.56. The van der Waals surface area contributed by atoms with E-state index in [1.807, 2.05) is 6.20 Å². The molecule has 1 amide bonds. The smallest absolute Gasteiger partial charge is 0.251 e. The normalized spacial score (nSPS) is 18.9. The number of amides is 1. The molecule has 1 aromatic heterocycles. The predicted octanol–water partition coefficient (Wildman–Crippen LogP) is 4.79. The summed E-state index contributed by atoms with van der Waals surface area (Å²) in [5.74, 6) is 0.155. The van der Waals surface area contributed by atoms with E-state index in [4.69, 9.17) is 11.6 Å². The summed E-state index contributed by atoms with van der Waals surface area (Å²) in [6.45, 7) is 5.14. The third kappa shape index (κ3) is 5.38. The highest BCUT2D eigenvalue weighted by molar-refractivity contribution is 6.31. The lowest BCUT2D eigenvalue weighted by molar-refractivity contribution is 0.0926. The van der Waals surface area contributed by atoms with E-state index < -0.39 is 5.82 Å². The van der Waals surface area contributed by atoms with E-state index in [-0.39, 0.29) is 17.0 Å². The van der Waals surface area contributed by atoms with E-state index >= 15 is 0 Å². The molecule has 1 heterocycles. The molecule has 0 unspecified atom stereocenters. The molecule has 3 rings (SSSR count). The van der Waals surface area contributed by atoms with E-state index in [2.05, 4.69) is 47.5 Å². The van der Waals surface area contributed by atoms with Crippen molar-refractivity contribution in [3.05, 3.63) is 52.4 Å². The number of carbonyl (C=O) groups excluding carboxylic acids is 1. The summed E-state index contributed by atoms with van der Waals surface area (Å²) < 4.78 is 13.3. The Morgan fingerprint density at radius 2 is 1.93 bits per heavy atom. The number of aryl methyl sites for hydroxylation is 1. The molecule has 1 fully saturated rings. The minimum atomic E-state index is -0.521. The minimum absolute atomic E-state index is 0.0377. The maximum absolute atomic E-state index is 13.3.